The monoisotopic (exact) mass is 242 g/mol. The van der Waals surface area contributed by atoms with Gasteiger partial charge in [0.05, 0.1) is 5.60 Å². The Labute approximate surface area is 110 Å². The van der Waals surface area contributed by atoms with E-state index in [1.807, 2.05) is 0 Å². The Balaban J connectivity index is 4.62. The van der Waals surface area contributed by atoms with E-state index < -0.39 is 5.60 Å². The summed E-state index contributed by atoms with van der Waals surface area (Å²) < 4.78 is 0.539. The molecule has 0 aromatic rings. The summed E-state index contributed by atoms with van der Waals surface area (Å²) in [6, 6.07) is 0. The molecule has 0 bridgehead atoms. The van der Waals surface area contributed by atoms with Crippen molar-refractivity contribution in [1.82, 2.24) is 0 Å². The second kappa shape index (κ2) is 7.04. The summed E-state index contributed by atoms with van der Waals surface area (Å²) in [5, 5.41) is 10.9. The number of rotatable bonds is 7. The first kappa shape index (κ1) is 16.5. The second-order valence-corrected chi connectivity index (χ2v) is 8.22. The summed E-state index contributed by atoms with van der Waals surface area (Å²) in [6.45, 7) is 13.4. The fourth-order valence-corrected chi connectivity index (χ4v) is 4.24. The molecular weight excluding hydrogens is 211 g/mol. The third-order valence-electron chi connectivity index (χ3n) is 3.27. The highest BCUT2D eigenvalue weighted by atomic mass is 27.0. The fraction of sp³-hybridized carbons (Fsp3) is 1.00. The maximum absolute atomic E-state index is 10.9. The van der Waals surface area contributed by atoms with Crippen molar-refractivity contribution in [1.29, 1.82) is 0 Å². The molecule has 0 rings (SSSR count). The van der Waals surface area contributed by atoms with Gasteiger partial charge in [0.25, 0.3) is 0 Å². The van der Waals surface area contributed by atoms with Crippen LogP contribution in [0.1, 0.15) is 60.8 Å². The average molecular weight is 242 g/mol. The second-order valence-electron chi connectivity index (χ2n) is 6.83. The summed E-state index contributed by atoms with van der Waals surface area (Å²) in [7, 11) is 0. The Morgan fingerprint density at radius 3 is 1.50 bits per heavy atom. The first-order chi connectivity index (χ1) is 7.17. The third-order valence-corrected chi connectivity index (χ3v) is 4.81. The van der Waals surface area contributed by atoms with Crippen LogP contribution in [-0.2, 0) is 0 Å². The Morgan fingerprint density at radius 1 is 0.875 bits per heavy atom. The van der Waals surface area contributed by atoms with Crippen molar-refractivity contribution in [3.05, 3.63) is 0 Å². The quantitative estimate of drug-likeness (QED) is 0.679. The molecule has 0 radical (unpaired) electrons. The molecule has 0 aliphatic carbocycles. The standard InChI is InChI=1S/C14H29O.Al.2H/c1-11(2)7-8-14(15,9-12(3)4)10-13(5)6;;;/h8,11-13,15H,7,9-10H2,1-6H3;;;. The predicted molar refractivity (Wildman–Crippen MR) is 75.6 cm³/mol. The zero-order valence-corrected chi connectivity index (χ0v) is 14.4. The Kier molecular flexibility index (Phi) is 7.26. The molecule has 0 amide bonds. The molecule has 0 aromatic heterocycles. The molecule has 0 saturated heterocycles. The molecular formula is C14H31AlO. The smallest absolute Gasteiger partial charge is 0.220 e. The van der Waals surface area contributed by atoms with E-state index >= 15 is 0 Å². The molecule has 0 fully saturated rings. The number of hydrogen-bond acceptors (Lipinski definition) is 1. The molecule has 1 atom stereocenters. The van der Waals surface area contributed by atoms with E-state index in [0.29, 0.717) is 22.5 Å². The minimum Gasteiger partial charge on any atom is -0.391 e. The minimum atomic E-state index is -0.404. The van der Waals surface area contributed by atoms with Crippen molar-refractivity contribution in [3.8, 4) is 0 Å². The molecule has 2 heteroatoms. The topological polar surface area (TPSA) is 20.2 Å². The first-order valence-corrected chi connectivity index (χ1v) is 8.05. The van der Waals surface area contributed by atoms with Crippen LogP contribution < -0.4 is 0 Å². The Morgan fingerprint density at radius 2 is 1.25 bits per heavy atom. The van der Waals surface area contributed by atoms with Crippen LogP contribution >= 0.6 is 0 Å². The largest absolute Gasteiger partial charge is 0.391 e. The summed E-state index contributed by atoms with van der Waals surface area (Å²) in [6.07, 6.45) is 3.11. The molecule has 16 heavy (non-hydrogen) atoms. The van der Waals surface area contributed by atoms with Crippen molar-refractivity contribution in [3.63, 3.8) is 0 Å². The summed E-state index contributed by atoms with van der Waals surface area (Å²) in [5.41, 5.74) is -0.404. The maximum Gasteiger partial charge on any atom is 0.220 e. The van der Waals surface area contributed by atoms with Crippen LogP contribution in [0.15, 0.2) is 0 Å². The molecule has 1 nitrogen and oxygen atoms in total. The molecule has 0 aromatic carbocycles. The molecule has 0 saturated carbocycles. The highest BCUT2D eigenvalue weighted by Gasteiger charge is 2.34. The first-order valence-electron chi connectivity index (χ1n) is 6.89. The SMILES string of the molecule is CC(C)C[CH]([AlH2])C(O)(CC(C)C)CC(C)C. The number of hydrogen-bond donors (Lipinski definition) is 1. The van der Waals surface area contributed by atoms with Gasteiger partial charge in [-0.2, -0.15) is 0 Å². The lowest BCUT2D eigenvalue weighted by atomic mass is 9.80. The van der Waals surface area contributed by atoms with Gasteiger partial charge < -0.3 is 5.11 Å². The van der Waals surface area contributed by atoms with Crippen LogP contribution in [0.25, 0.3) is 0 Å². The normalized spacial score (nSPS) is 15.1. The summed E-state index contributed by atoms with van der Waals surface area (Å²) in [4.78, 5) is 0. The van der Waals surface area contributed by atoms with Gasteiger partial charge in [-0.15, -0.1) is 0 Å². The van der Waals surface area contributed by atoms with Crippen molar-refractivity contribution >= 4 is 16.3 Å². The van der Waals surface area contributed by atoms with Gasteiger partial charge in [0.1, 0.15) is 0 Å². The van der Waals surface area contributed by atoms with Gasteiger partial charge in [0.2, 0.25) is 16.3 Å². The van der Waals surface area contributed by atoms with Crippen LogP contribution in [0.4, 0.5) is 0 Å². The van der Waals surface area contributed by atoms with Crippen molar-refractivity contribution < 1.29 is 5.11 Å². The lowest BCUT2D eigenvalue weighted by Gasteiger charge is -2.38. The van der Waals surface area contributed by atoms with Gasteiger partial charge >= 0.3 is 0 Å². The molecule has 0 spiro atoms. The molecule has 1 unspecified atom stereocenters. The fourth-order valence-electron chi connectivity index (χ4n) is 2.83. The third kappa shape index (κ3) is 6.28. The van der Waals surface area contributed by atoms with Gasteiger partial charge in [-0.05, 0) is 30.6 Å². The van der Waals surface area contributed by atoms with E-state index in [0.717, 1.165) is 29.1 Å². The summed E-state index contributed by atoms with van der Waals surface area (Å²) >= 11 is 1.11. The minimum absolute atomic E-state index is 0.404. The molecule has 1 N–H and O–H groups in total. The molecule has 0 heterocycles. The Bertz CT molecular complexity index is 177. The van der Waals surface area contributed by atoms with Gasteiger partial charge in [0.15, 0.2) is 0 Å². The highest BCUT2D eigenvalue weighted by Crippen LogP contribution is 2.37. The average Bonchev–Trinajstić information content (AvgIpc) is 1.98. The molecule has 0 aliphatic rings. The van der Waals surface area contributed by atoms with Crippen LogP contribution in [0.2, 0.25) is 4.78 Å². The van der Waals surface area contributed by atoms with E-state index in [9.17, 15) is 5.11 Å². The van der Waals surface area contributed by atoms with Crippen molar-refractivity contribution in [2.45, 2.75) is 71.2 Å². The van der Waals surface area contributed by atoms with Crippen LogP contribution in [0.5, 0.6) is 0 Å². The highest BCUT2D eigenvalue weighted by molar-refractivity contribution is 6.12. The zero-order chi connectivity index (χ0) is 12.9. The van der Waals surface area contributed by atoms with Gasteiger partial charge in [-0.25, -0.2) is 0 Å². The van der Waals surface area contributed by atoms with Crippen molar-refractivity contribution in [2.75, 3.05) is 0 Å². The van der Waals surface area contributed by atoms with E-state index in [1.54, 1.807) is 0 Å². The van der Waals surface area contributed by atoms with Gasteiger partial charge in [-0.3, -0.25) is 0 Å². The van der Waals surface area contributed by atoms with Crippen LogP contribution in [0, 0.1) is 17.8 Å². The summed E-state index contributed by atoms with van der Waals surface area (Å²) in [5.74, 6) is 1.88. The van der Waals surface area contributed by atoms with Crippen molar-refractivity contribution in [2.24, 2.45) is 17.8 Å². The maximum atomic E-state index is 10.9. The zero-order valence-electron chi connectivity index (χ0n) is 12.4. The van der Waals surface area contributed by atoms with Crippen LogP contribution in [-0.4, -0.2) is 27.0 Å². The lowest BCUT2D eigenvalue weighted by Crippen LogP contribution is -2.38. The van der Waals surface area contributed by atoms with E-state index in [1.165, 1.54) is 6.42 Å². The Hall–Kier alpha value is 0.492. The van der Waals surface area contributed by atoms with Crippen LogP contribution in [0.3, 0.4) is 0 Å². The van der Waals surface area contributed by atoms with Gasteiger partial charge in [-0.1, -0.05) is 52.7 Å². The lowest BCUT2D eigenvalue weighted by molar-refractivity contribution is -0.0104. The predicted octanol–water partition coefficient (Wildman–Crippen LogP) is 3.28. The van der Waals surface area contributed by atoms with E-state index in [2.05, 4.69) is 41.5 Å². The number of aliphatic hydroxyl groups is 1. The molecule has 0 aliphatic heterocycles. The van der Waals surface area contributed by atoms with Gasteiger partial charge in [0, 0.05) is 0 Å². The molecule has 96 valence electrons. The van der Waals surface area contributed by atoms with E-state index in [4.69, 9.17) is 0 Å². The van der Waals surface area contributed by atoms with E-state index in [-0.39, 0.29) is 0 Å².